The number of aryl methyl sites for hydroxylation is 1. The number of nitrogens with zero attached hydrogens (tertiary/aromatic N) is 2. The third-order valence-corrected chi connectivity index (χ3v) is 5.02. The monoisotopic (exact) mass is 390 g/mol. The Morgan fingerprint density at radius 3 is 2.48 bits per heavy atom. The van der Waals surface area contributed by atoms with Gasteiger partial charge in [-0.25, -0.2) is 4.68 Å². The van der Waals surface area contributed by atoms with Crippen LogP contribution < -0.4 is 15.8 Å². The summed E-state index contributed by atoms with van der Waals surface area (Å²) in [5.74, 6) is 0.557. The van der Waals surface area contributed by atoms with Gasteiger partial charge in [0.2, 0.25) is 0 Å². The first-order valence-corrected chi connectivity index (χ1v) is 9.42. The molecule has 1 fully saturated rings. The van der Waals surface area contributed by atoms with Gasteiger partial charge in [0.1, 0.15) is 11.6 Å². The number of amides is 1. The van der Waals surface area contributed by atoms with Crippen LogP contribution in [0.3, 0.4) is 0 Å². The molecule has 1 heterocycles. The van der Waals surface area contributed by atoms with Crippen LogP contribution >= 0.6 is 0 Å². The summed E-state index contributed by atoms with van der Waals surface area (Å²) in [5.41, 5.74) is 9.17. The maximum atomic E-state index is 12.9. The van der Waals surface area contributed by atoms with Gasteiger partial charge in [-0.3, -0.25) is 9.59 Å². The van der Waals surface area contributed by atoms with Gasteiger partial charge in [0.05, 0.1) is 24.6 Å². The van der Waals surface area contributed by atoms with Crippen LogP contribution in [0, 0.1) is 6.92 Å². The van der Waals surface area contributed by atoms with Crippen molar-refractivity contribution in [2.24, 2.45) is 0 Å². The van der Waals surface area contributed by atoms with Gasteiger partial charge in [0, 0.05) is 17.2 Å². The van der Waals surface area contributed by atoms with Crippen molar-refractivity contribution in [3.63, 3.8) is 0 Å². The molecule has 0 radical (unpaired) electrons. The Hall–Kier alpha value is -3.61. The Kier molecular flexibility index (Phi) is 4.80. The van der Waals surface area contributed by atoms with Crippen molar-refractivity contribution in [1.82, 2.24) is 15.1 Å². The number of ketones is 1. The molecule has 2 aromatic carbocycles. The first kappa shape index (κ1) is 18.7. The fourth-order valence-corrected chi connectivity index (χ4v) is 3.10. The number of anilines is 1. The summed E-state index contributed by atoms with van der Waals surface area (Å²) in [5, 5.41) is 7.29. The zero-order valence-electron chi connectivity index (χ0n) is 16.3. The fraction of sp³-hybridized carbons (Fsp3) is 0.227. The molecule has 0 spiro atoms. The van der Waals surface area contributed by atoms with Gasteiger partial charge in [-0.2, -0.15) is 5.10 Å². The third-order valence-electron chi connectivity index (χ3n) is 5.02. The molecule has 0 atom stereocenters. The molecule has 0 unspecified atom stereocenters. The number of nitrogen functional groups attached to an aromatic ring is 1. The lowest BCUT2D eigenvalue weighted by Crippen LogP contribution is -2.25. The van der Waals surface area contributed by atoms with E-state index in [0.717, 1.165) is 18.4 Å². The number of aromatic nitrogens is 2. The SMILES string of the molecule is COc1ccc(C(=O)c2cnn(-c3cc(C(=O)NC4CC4)ccc3C)c2N)cc1. The van der Waals surface area contributed by atoms with Crippen molar-refractivity contribution in [2.75, 3.05) is 12.8 Å². The van der Waals surface area contributed by atoms with Crippen LogP contribution in [0.4, 0.5) is 5.82 Å². The molecule has 1 amide bonds. The van der Waals surface area contributed by atoms with Crippen molar-refractivity contribution in [3.05, 3.63) is 70.9 Å². The Bertz CT molecular complexity index is 1080. The fourth-order valence-electron chi connectivity index (χ4n) is 3.10. The number of rotatable bonds is 6. The Labute approximate surface area is 168 Å². The van der Waals surface area contributed by atoms with Crippen molar-refractivity contribution in [3.8, 4) is 11.4 Å². The van der Waals surface area contributed by atoms with E-state index in [-0.39, 0.29) is 23.6 Å². The van der Waals surface area contributed by atoms with Gasteiger partial charge in [-0.1, -0.05) is 6.07 Å². The molecule has 1 aliphatic rings. The predicted octanol–water partition coefficient (Wildman–Crippen LogP) is 2.89. The van der Waals surface area contributed by atoms with E-state index in [9.17, 15) is 9.59 Å². The predicted molar refractivity (Wildman–Crippen MR) is 110 cm³/mol. The summed E-state index contributed by atoms with van der Waals surface area (Å²) in [4.78, 5) is 25.3. The standard InChI is InChI=1S/C22H22N4O3/c1-13-3-4-15(22(28)25-16-7-8-16)11-19(13)26-21(23)18(12-24-26)20(27)14-5-9-17(29-2)10-6-14/h3-6,9-12,16H,7-8,23H2,1-2H3,(H,25,28). The second-order valence-corrected chi connectivity index (χ2v) is 7.16. The average molecular weight is 390 g/mol. The zero-order valence-corrected chi connectivity index (χ0v) is 16.3. The molecular formula is C22H22N4O3. The van der Waals surface area contributed by atoms with Crippen molar-refractivity contribution in [2.45, 2.75) is 25.8 Å². The molecule has 3 N–H and O–H groups in total. The molecule has 29 heavy (non-hydrogen) atoms. The number of carbonyl (C=O) groups excluding carboxylic acids is 2. The van der Waals surface area contributed by atoms with Crippen LogP contribution in [-0.4, -0.2) is 34.6 Å². The minimum atomic E-state index is -0.225. The minimum absolute atomic E-state index is 0.117. The van der Waals surface area contributed by atoms with E-state index in [4.69, 9.17) is 10.5 Å². The second-order valence-electron chi connectivity index (χ2n) is 7.16. The lowest BCUT2D eigenvalue weighted by molar-refractivity contribution is 0.0950. The molecular weight excluding hydrogens is 368 g/mol. The molecule has 7 heteroatoms. The molecule has 1 aliphatic carbocycles. The number of nitrogens with two attached hydrogens (primary N) is 1. The average Bonchev–Trinajstić information content (AvgIpc) is 3.47. The maximum absolute atomic E-state index is 12.9. The number of hydrogen-bond acceptors (Lipinski definition) is 5. The molecule has 1 saturated carbocycles. The van der Waals surface area contributed by atoms with Crippen LogP contribution in [0.25, 0.3) is 5.69 Å². The zero-order chi connectivity index (χ0) is 20.5. The number of nitrogens with one attached hydrogen (secondary N) is 1. The Morgan fingerprint density at radius 2 is 1.83 bits per heavy atom. The lowest BCUT2D eigenvalue weighted by atomic mass is 10.1. The van der Waals surface area contributed by atoms with E-state index >= 15 is 0 Å². The molecule has 7 nitrogen and oxygen atoms in total. The number of carbonyl (C=O) groups is 2. The molecule has 0 bridgehead atoms. The van der Waals surface area contributed by atoms with E-state index in [1.165, 1.54) is 10.9 Å². The van der Waals surface area contributed by atoms with Crippen molar-refractivity contribution in [1.29, 1.82) is 0 Å². The van der Waals surface area contributed by atoms with Crippen LogP contribution in [0.5, 0.6) is 5.75 Å². The van der Waals surface area contributed by atoms with Gasteiger partial charge < -0.3 is 15.8 Å². The third kappa shape index (κ3) is 3.71. The van der Waals surface area contributed by atoms with Crippen molar-refractivity contribution >= 4 is 17.5 Å². The van der Waals surface area contributed by atoms with Crippen molar-refractivity contribution < 1.29 is 14.3 Å². The Balaban J connectivity index is 1.65. The van der Waals surface area contributed by atoms with Gasteiger partial charge in [-0.15, -0.1) is 0 Å². The molecule has 3 aromatic rings. The molecule has 0 aliphatic heterocycles. The number of hydrogen-bond donors (Lipinski definition) is 2. The van der Waals surface area contributed by atoms with E-state index in [1.54, 1.807) is 43.5 Å². The number of benzene rings is 2. The Morgan fingerprint density at radius 1 is 1.14 bits per heavy atom. The summed E-state index contributed by atoms with van der Waals surface area (Å²) in [7, 11) is 1.57. The summed E-state index contributed by atoms with van der Waals surface area (Å²) < 4.78 is 6.63. The van der Waals surface area contributed by atoms with Gasteiger partial charge in [0.15, 0.2) is 5.78 Å². The van der Waals surface area contributed by atoms with E-state index in [0.29, 0.717) is 28.1 Å². The van der Waals surface area contributed by atoms with Crippen LogP contribution in [0.15, 0.2) is 48.7 Å². The first-order chi connectivity index (χ1) is 14.0. The largest absolute Gasteiger partial charge is 0.497 e. The highest BCUT2D eigenvalue weighted by atomic mass is 16.5. The van der Waals surface area contributed by atoms with Crippen LogP contribution in [0.2, 0.25) is 0 Å². The highest BCUT2D eigenvalue weighted by Crippen LogP contribution is 2.25. The van der Waals surface area contributed by atoms with Gasteiger partial charge in [0.25, 0.3) is 5.91 Å². The van der Waals surface area contributed by atoms with E-state index in [1.807, 2.05) is 13.0 Å². The summed E-state index contributed by atoms with van der Waals surface area (Å²) in [6.07, 6.45) is 3.50. The lowest BCUT2D eigenvalue weighted by Gasteiger charge is -2.11. The van der Waals surface area contributed by atoms with Gasteiger partial charge >= 0.3 is 0 Å². The number of ether oxygens (including phenoxy) is 1. The quantitative estimate of drug-likeness (QED) is 0.631. The molecule has 148 valence electrons. The highest BCUT2D eigenvalue weighted by Gasteiger charge is 2.24. The second kappa shape index (κ2) is 7.43. The minimum Gasteiger partial charge on any atom is -0.497 e. The maximum Gasteiger partial charge on any atom is 0.251 e. The van der Waals surface area contributed by atoms with E-state index in [2.05, 4.69) is 10.4 Å². The number of methoxy groups -OCH3 is 1. The normalized spacial score (nSPS) is 13.2. The molecule has 4 rings (SSSR count). The summed E-state index contributed by atoms with van der Waals surface area (Å²) >= 11 is 0. The molecule has 0 saturated heterocycles. The smallest absolute Gasteiger partial charge is 0.251 e. The highest BCUT2D eigenvalue weighted by molar-refractivity contribution is 6.11. The summed E-state index contributed by atoms with van der Waals surface area (Å²) in [6, 6.07) is 12.5. The van der Waals surface area contributed by atoms with E-state index < -0.39 is 0 Å². The molecule has 1 aromatic heterocycles. The van der Waals surface area contributed by atoms with Gasteiger partial charge in [-0.05, 0) is 61.7 Å². The topological polar surface area (TPSA) is 99.2 Å². The first-order valence-electron chi connectivity index (χ1n) is 9.42. The summed E-state index contributed by atoms with van der Waals surface area (Å²) in [6.45, 7) is 1.91. The van der Waals surface area contributed by atoms with Crippen LogP contribution in [-0.2, 0) is 0 Å². The van der Waals surface area contributed by atoms with Crippen LogP contribution in [0.1, 0.15) is 44.7 Å².